The lowest BCUT2D eigenvalue weighted by atomic mass is 9.87. The maximum atomic E-state index is 15.3. The highest BCUT2D eigenvalue weighted by molar-refractivity contribution is 5.93. The van der Waals surface area contributed by atoms with Gasteiger partial charge in [-0.15, -0.1) is 0 Å². The predicted molar refractivity (Wildman–Crippen MR) is 172 cm³/mol. The molecule has 2 aliphatic rings. The molecule has 1 saturated heterocycles. The molecule has 3 heterocycles. The zero-order valence-electron chi connectivity index (χ0n) is 26.5. The van der Waals surface area contributed by atoms with Crippen molar-refractivity contribution >= 4 is 17.3 Å². The van der Waals surface area contributed by atoms with E-state index >= 15 is 4.39 Å². The normalized spacial score (nSPS) is 19.1. The number of carbonyl (C=O) groups excluding carboxylic acids is 1. The van der Waals surface area contributed by atoms with Crippen molar-refractivity contribution in [2.75, 3.05) is 52.6 Å². The van der Waals surface area contributed by atoms with Crippen LogP contribution in [0.5, 0.6) is 0 Å². The Morgan fingerprint density at radius 2 is 1.83 bits per heavy atom. The van der Waals surface area contributed by atoms with E-state index in [4.69, 9.17) is 0 Å². The molecular formula is C34H50FN5O. The van der Waals surface area contributed by atoms with Gasteiger partial charge in [0.15, 0.2) is 0 Å². The summed E-state index contributed by atoms with van der Waals surface area (Å²) in [7, 11) is 5.33. The first-order valence-corrected chi connectivity index (χ1v) is 14.9. The van der Waals surface area contributed by atoms with Gasteiger partial charge in [-0.25, -0.2) is 9.37 Å². The lowest BCUT2D eigenvalue weighted by Crippen LogP contribution is -2.41. The van der Waals surface area contributed by atoms with Gasteiger partial charge in [0.2, 0.25) is 0 Å². The van der Waals surface area contributed by atoms with Crippen molar-refractivity contribution in [3.05, 3.63) is 88.3 Å². The van der Waals surface area contributed by atoms with Crippen LogP contribution in [0, 0.1) is 0 Å². The molecule has 41 heavy (non-hydrogen) atoms. The smallest absolute Gasteiger partial charge is 0.253 e. The number of likely N-dealkylation sites (tertiary alicyclic amines) is 1. The Labute approximate surface area is 247 Å². The number of dihydropyridines is 1. The Morgan fingerprint density at radius 3 is 2.39 bits per heavy atom. The summed E-state index contributed by atoms with van der Waals surface area (Å²) in [4.78, 5) is 20.4. The minimum absolute atomic E-state index is 0.0387. The number of rotatable bonds is 7. The quantitative estimate of drug-likeness (QED) is 0.383. The molecule has 0 radical (unpaired) electrons. The number of hydrogen-bond acceptors (Lipinski definition) is 5. The van der Waals surface area contributed by atoms with Crippen molar-refractivity contribution in [2.45, 2.75) is 60.1 Å². The number of alkyl halides is 1. The molecule has 0 saturated carbocycles. The van der Waals surface area contributed by atoms with Crippen LogP contribution in [0.4, 0.5) is 10.2 Å². The highest BCUT2D eigenvalue weighted by Crippen LogP contribution is 2.32. The summed E-state index contributed by atoms with van der Waals surface area (Å²) in [5.41, 5.74) is 7.34. The monoisotopic (exact) mass is 563 g/mol. The maximum absolute atomic E-state index is 15.3. The standard InChI is InChI=1S/C30H38FN5O.2C2H6/c1-20(16-27-21(2)33-14-12-25(27)24-10-11-29(32-3)34-17-24)18-36-15-13-26(28(31)19-36)22-6-8-23(9-7-22)30(37)35(4)5;2*1-2/h6-12,16-17,26,28,33H,13-15,18-19H2,1-5H3,(H,32,34);2*1-2H3/b20-16+;;. The molecule has 2 aliphatic heterocycles. The third-order valence-corrected chi connectivity index (χ3v) is 7.18. The highest BCUT2D eigenvalue weighted by Gasteiger charge is 2.30. The van der Waals surface area contributed by atoms with Gasteiger partial charge in [-0.05, 0) is 62.2 Å². The van der Waals surface area contributed by atoms with Gasteiger partial charge in [-0.2, -0.15) is 0 Å². The van der Waals surface area contributed by atoms with Crippen LogP contribution in [0.2, 0.25) is 0 Å². The van der Waals surface area contributed by atoms with Gasteiger partial charge in [0, 0.05) is 75.3 Å². The van der Waals surface area contributed by atoms with E-state index in [1.54, 1.807) is 19.0 Å². The van der Waals surface area contributed by atoms with Gasteiger partial charge in [0.1, 0.15) is 12.0 Å². The van der Waals surface area contributed by atoms with E-state index in [1.807, 2.05) is 71.3 Å². The molecule has 1 fully saturated rings. The Balaban J connectivity index is 0.00000141. The lowest BCUT2D eigenvalue weighted by Gasteiger charge is -2.35. The molecule has 2 N–H and O–H groups in total. The van der Waals surface area contributed by atoms with E-state index in [-0.39, 0.29) is 11.8 Å². The fourth-order valence-electron chi connectivity index (χ4n) is 5.14. The summed E-state index contributed by atoms with van der Waals surface area (Å²) >= 11 is 0. The maximum Gasteiger partial charge on any atom is 0.253 e. The number of anilines is 1. The number of allylic oxidation sites excluding steroid dienone is 4. The molecule has 4 rings (SSSR count). The van der Waals surface area contributed by atoms with Gasteiger partial charge in [-0.3, -0.25) is 9.69 Å². The second-order valence-electron chi connectivity index (χ2n) is 10.2. The summed E-state index contributed by atoms with van der Waals surface area (Å²) in [6.07, 6.45) is 6.14. The van der Waals surface area contributed by atoms with Gasteiger partial charge < -0.3 is 15.5 Å². The number of pyridine rings is 1. The van der Waals surface area contributed by atoms with Crippen LogP contribution in [-0.2, 0) is 0 Å². The number of amides is 1. The fourth-order valence-corrected chi connectivity index (χ4v) is 5.14. The van der Waals surface area contributed by atoms with Crippen LogP contribution in [0.15, 0.2) is 71.6 Å². The Hall–Kier alpha value is -3.45. The van der Waals surface area contributed by atoms with Crippen molar-refractivity contribution in [1.82, 2.24) is 20.1 Å². The van der Waals surface area contributed by atoms with Crippen molar-refractivity contribution in [3.8, 4) is 0 Å². The van der Waals surface area contributed by atoms with E-state index < -0.39 is 6.17 Å². The zero-order valence-corrected chi connectivity index (χ0v) is 26.5. The Morgan fingerprint density at radius 1 is 1.15 bits per heavy atom. The molecule has 0 aliphatic carbocycles. The van der Waals surface area contributed by atoms with E-state index in [0.29, 0.717) is 12.1 Å². The van der Waals surface area contributed by atoms with E-state index in [2.05, 4.69) is 52.6 Å². The van der Waals surface area contributed by atoms with Gasteiger partial charge in [0.25, 0.3) is 5.91 Å². The van der Waals surface area contributed by atoms with Crippen molar-refractivity contribution in [1.29, 1.82) is 0 Å². The molecule has 0 bridgehead atoms. The third kappa shape index (κ3) is 9.02. The van der Waals surface area contributed by atoms with Crippen LogP contribution in [-0.4, -0.2) is 74.2 Å². The number of nitrogens with one attached hydrogen (secondary N) is 2. The minimum Gasteiger partial charge on any atom is -0.385 e. The number of halogens is 1. The molecule has 0 spiro atoms. The third-order valence-electron chi connectivity index (χ3n) is 7.18. The summed E-state index contributed by atoms with van der Waals surface area (Å²) in [5.74, 6) is 0.664. The number of benzene rings is 1. The molecule has 1 aromatic carbocycles. The molecule has 1 amide bonds. The molecule has 1 aromatic heterocycles. The van der Waals surface area contributed by atoms with Crippen molar-refractivity contribution in [2.24, 2.45) is 0 Å². The van der Waals surface area contributed by atoms with Crippen LogP contribution in [0.1, 0.15) is 75.4 Å². The van der Waals surface area contributed by atoms with Gasteiger partial charge in [0.05, 0.1) is 0 Å². The average Bonchev–Trinajstić information content (AvgIpc) is 3.00. The summed E-state index contributed by atoms with van der Waals surface area (Å²) in [6, 6.07) is 11.5. The van der Waals surface area contributed by atoms with Crippen LogP contribution in [0.25, 0.3) is 5.57 Å². The van der Waals surface area contributed by atoms with Gasteiger partial charge >= 0.3 is 0 Å². The second-order valence-corrected chi connectivity index (χ2v) is 10.2. The van der Waals surface area contributed by atoms with Crippen LogP contribution < -0.4 is 10.6 Å². The van der Waals surface area contributed by atoms with Crippen molar-refractivity contribution < 1.29 is 9.18 Å². The first-order chi connectivity index (χ1) is 19.8. The SMILES string of the molecule is CC.CC.CNc1ccc(C2=CCNC(C)=C2/C=C(\C)CN2CCC(c3ccc(C(=O)N(C)C)cc3)C(F)C2)cn1. The van der Waals surface area contributed by atoms with Crippen molar-refractivity contribution in [3.63, 3.8) is 0 Å². The predicted octanol–water partition coefficient (Wildman–Crippen LogP) is 6.91. The zero-order chi connectivity index (χ0) is 30.5. The molecule has 6 nitrogen and oxygen atoms in total. The van der Waals surface area contributed by atoms with Crippen LogP contribution in [0.3, 0.4) is 0 Å². The first kappa shape index (κ1) is 33.8. The first-order valence-electron chi connectivity index (χ1n) is 14.9. The molecule has 2 atom stereocenters. The number of hydrogen-bond donors (Lipinski definition) is 2. The highest BCUT2D eigenvalue weighted by atomic mass is 19.1. The Bertz CT molecular complexity index is 1200. The molecule has 2 unspecified atom stereocenters. The molecule has 224 valence electrons. The molecule has 2 aromatic rings. The molecule has 7 heteroatoms. The summed E-state index contributed by atoms with van der Waals surface area (Å²) in [6.45, 7) is 15.0. The van der Waals surface area contributed by atoms with E-state index in [0.717, 1.165) is 54.3 Å². The number of piperidine rings is 1. The Kier molecular flexibility index (Phi) is 13.8. The molecular weight excluding hydrogens is 513 g/mol. The van der Waals surface area contributed by atoms with Crippen LogP contribution >= 0.6 is 0 Å². The number of aromatic nitrogens is 1. The summed E-state index contributed by atoms with van der Waals surface area (Å²) < 4.78 is 15.3. The fraction of sp³-hybridized carbons (Fsp3) is 0.471. The van der Waals surface area contributed by atoms with Gasteiger partial charge in [-0.1, -0.05) is 57.6 Å². The average molecular weight is 564 g/mol. The number of carbonyl (C=O) groups is 1. The minimum atomic E-state index is -0.943. The lowest BCUT2D eigenvalue weighted by molar-refractivity contribution is 0.0827. The largest absolute Gasteiger partial charge is 0.385 e. The second kappa shape index (κ2) is 16.7. The summed E-state index contributed by atoms with van der Waals surface area (Å²) in [5, 5.41) is 6.50. The number of nitrogens with zero attached hydrogens (tertiary/aromatic N) is 3. The van der Waals surface area contributed by atoms with E-state index in [9.17, 15) is 4.79 Å². The topological polar surface area (TPSA) is 60.5 Å². The van der Waals surface area contributed by atoms with E-state index in [1.165, 1.54) is 11.1 Å².